The van der Waals surface area contributed by atoms with Crippen LogP contribution >= 0.6 is 0 Å². The highest BCUT2D eigenvalue weighted by Crippen LogP contribution is 1.98. The Kier molecular flexibility index (Phi) is 0.888. The lowest BCUT2D eigenvalue weighted by molar-refractivity contribution is 0.119. The second kappa shape index (κ2) is 1.44. The molecule has 0 aromatic carbocycles. The standard InChI is InChI=1S/C3H4N2O4/c6-2-1-4(8)3(7)5(2)9/h1,6,8-9H. The number of hydrogen-bond acceptors (Lipinski definition) is 4. The fourth-order valence-electron chi connectivity index (χ4n) is 0.414. The Morgan fingerprint density at radius 3 is 2.11 bits per heavy atom. The van der Waals surface area contributed by atoms with Crippen LogP contribution in [0.4, 0.5) is 0 Å². The number of nitrogens with zero attached hydrogens (tertiary/aromatic N) is 2. The van der Waals surface area contributed by atoms with Gasteiger partial charge in [0, 0.05) is 0 Å². The Labute approximate surface area is 48.7 Å². The molecule has 1 rings (SSSR count). The summed E-state index contributed by atoms with van der Waals surface area (Å²) in [6.45, 7) is 0. The van der Waals surface area contributed by atoms with Crippen LogP contribution in [0.5, 0.6) is 5.88 Å². The highest BCUT2D eigenvalue weighted by molar-refractivity contribution is 5.00. The third-order valence-corrected chi connectivity index (χ3v) is 0.832. The van der Waals surface area contributed by atoms with Crippen molar-refractivity contribution in [3.63, 3.8) is 0 Å². The van der Waals surface area contributed by atoms with Crippen molar-refractivity contribution in [2.45, 2.75) is 0 Å². The first kappa shape index (κ1) is 5.54. The molecule has 1 aromatic rings. The van der Waals surface area contributed by atoms with Gasteiger partial charge in [0.2, 0.25) is 0 Å². The first-order valence-electron chi connectivity index (χ1n) is 2.05. The lowest BCUT2D eigenvalue weighted by Gasteiger charge is -1.84. The topological polar surface area (TPSA) is 87.6 Å². The molecular formula is C3H4N2O4. The summed E-state index contributed by atoms with van der Waals surface area (Å²) in [4.78, 5) is 10.3. The zero-order valence-corrected chi connectivity index (χ0v) is 4.22. The van der Waals surface area contributed by atoms with E-state index in [0.29, 0.717) is 6.20 Å². The zero-order valence-electron chi connectivity index (χ0n) is 4.22. The van der Waals surface area contributed by atoms with Crippen molar-refractivity contribution in [1.82, 2.24) is 9.46 Å². The average molecular weight is 132 g/mol. The Bertz CT molecular complexity index is 272. The molecule has 1 aromatic heterocycles. The second-order valence-electron chi connectivity index (χ2n) is 1.43. The van der Waals surface area contributed by atoms with Crippen molar-refractivity contribution in [1.29, 1.82) is 0 Å². The van der Waals surface area contributed by atoms with E-state index in [0.717, 1.165) is 0 Å². The maximum atomic E-state index is 10.3. The smallest absolute Gasteiger partial charge is 0.397 e. The van der Waals surface area contributed by atoms with Gasteiger partial charge in [-0.3, -0.25) is 0 Å². The Morgan fingerprint density at radius 2 is 2.00 bits per heavy atom. The fraction of sp³-hybridized carbons (Fsp3) is 0. The number of aromatic nitrogens is 2. The van der Waals surface area contributed by atoms with Crippen LogP contribution < -0.4 is 5.69 Å². The molecule has 6 heteroatoms. The first-order valence-corrected chi connectivity index (χ1v) is 2.05. The molecule has 1 heterocycles. The van der Waals surface area contributed by atoms with E-state index in [1.165, 1.54) is 0 Å². The van der Waals surface area contributed by atoms with Crippen LogP contribution in [-0.2, 0) is 0 Å². The van der Waals surface area contributed by atoms with Crippen molar-refractivity contribution < 1.29 is 15.5 Å². The van der Waals surface area contributed by atoms with Gasteiger partial charge in [-0.05, 0) is 0 Å². The largest absolute Gasteiger partial charge is 0.491 e. The predicted molar refractivity (Wildman–Crippen MR) is 24.7 cm³/mol. The lowest BCUT2D eigenvalue weighted by atomic mass is 10.9. The molecule has 0 amide bonds. The molecule has 0 radical (unpaired) electrons. The minimum absolute atomic E-state index is 0.0648. The van der Waals surface area contributed by atoms with E-state index in [1.807, 2.05) is 0 Å². The summed E-state index contributed by atoms with van der Waals surface area (Å²) in [6.07, 6.45) is 0.669. The maximum Gasteiger partial charge on any atom is 0.397 e. The van der Waals surface area contributed by atoms with E-state index in [2.05, 4.69) is 0 Å². The monoisotopic (exact) mass is 132 g/mol. The molecule has 3 N–H and O–H groups in total. The minimum Gasteiger partial charge on any atom is -0.491 e. The van der Waals surface area contributed by atoms with Gasteiger partial charge in [-0.25, -0.2) is 4.79 Å². The van der Waals surface area contributed by atoms with Gasteiger partial charge in [0.15, 0.2) is 0 Å². The highest BCUT2D eigenvalue weighted by atomic mass is 16.5. The summed E-state index contributed by atoms with van der Waals surface area (Å²) in [6, 6.07) is 0. The van der Waals surface area contributed by atoms with Gasteiger partial charge in [-0.2, -0.15) is 0 Å². The second-order valence-corrected chi connectivity index (χ2v) is 1.43. The molecule has 0 saturated carbocycles. The van der Waals surface area contributed by atoms with Crippen molar-refractivity contribution in [3.8, 4) is 5.88 Å². The summed E-state index contributed by atoms with van der Waals surface area (Å²) in [5.41, 5.74) is -1.10. The fourth-order valence-corrected chi connectivity index (χ4v) is 0.414. The number of imidazole rings is 1. The molecule has 0 fully saturated rings. The molecule has 0 saturated heterocycles. The van der Waals surface area contributed by atoms with E-state index in [9.17, 15) is 4.79 Å². The van der Waals surface area contributed by atoms with Crippen LogP contribution in [0.1, 0.15) is 0 Å². The third kappa shape index (κ3) is 0.600. The van der Waals surface area contributed by atoms with Gasteiger partial charge in [0.05, 0.1) is 0 Å². The first-order chi connectivity index (χ1) is 4.13. The van der Waals surface area contributed by atoms with E-state index in [4.69, 9.17) is 15.5 Å². The third-order valence-electron chi connectivity index (χ3n) is 0.832. The minimum atomic E-state index is -1.10. The molecule has 0 unspecified atom stereocenters. The van der Waals surface area contributed by atoms with Gasteiger partial charge >= 0.3 is 5.69 Å². The lowest BCUT2D eigenvalue weighted by Crippen LogP contribution is -2.20. The van der Waals surface area contributed by atoms with Gasteiger partial charge in [-0.15, -0.1) is 4.73 Å². The van der Waals surface area contributed by atoms with Gasteiger partial charge in [-0.1, -0.05) is 4.73 Å². The molecule has 0 aliphatic heterocycles. The van der Waals surface area contributed by atoms with Crippen LogP contribution in [0, 0.1) is 0 Å². The van der Waals surface area contributed by atoms with Crippen molar-refractivity contribution in [2.75, 3.05) is 0 Å². The SMILES string of the molecule is O=c1n(O)cc(O)n1O. The molecule has 50 valence electrons. The van der Waals surface area contributed by atoms with Gasteiger partial charge in [0.25, 0.3) is 5.88 Å². The van der Waals surface area contributed by atoms with Crippen LogP contribution in [0.2, 0.25) is 0 Å². The quantitative estimate of drug-likeness (QED) is 0.388. The molecular weight excluding hydrogens is 128 g/mol. The summed E-state index contributed by atoms with van der Waals surface area (Å²) in [5, 5.41) is 25.2. The van der Waals surface area contributed by atoms with Crippen LogP contribution in [0.3, 0.4) is 0 Å². The summed E-state index contributed by atoms with van der Waals surface area (Å²) < 4.78 is -0.0185. The average Bonchev–Trinajstić information content (AvgIpc) is 1.98. The van der Waals surface area contributed by atoms with Crippen molar-refractivity contribution in [3.05, 3.63) is 16.7 Å². The Hall–Kier alpha value is -1.59. The van der Waals surface area contributed by atoms with Crippen molar-refractivity contribution in [2.24, 2.45) is 0 Å². The highest BCUT2D eigenvalue weighted by Gasteiger charge is 2.05. The molecule has 0 spiro atoms. The summed E-state index contributed by atoms with van der Waals surface area (Å²) >= 11 is 0. The van der Waals surface area contributed by atoms with E-state index >= 15 is 0 Å². The van der Waals surface area contributed by atoms with Crippen LogP contribution in [0.15, 0.2) is 11.0 Å². The molecule has 6 nitrogen and oxygen atoms in total. The van der Waals surface area contributed by atoms with Crippen LogP contribution in [0.25, 0.3) is 0 Å². The molecule has 0 aliphatic carbocycles. The Balaban J connectivity index is 3.48. The van der Waals surface area contributed by atoms with Gasteiger partial charge < -0.3 is 15.5 Å². The number of aromatic hydroxyl groups is 1. The van der Waals surface area contributed by atoms with Crippen molar-refractivity contribution >= 4 is 0 Å². The normalized spacial score (nSPS) is 9.78. The van der Waals surface area contributed by atoms with Gasteiger partial charge in [0.1, 0.15) is 6.20 Å². The number of hydrogen-bond donors (Lipinski definition) is 3. The number of rotatable bonds is 0. The molecule has 0 aliphatic rings. The van der Waals surface area contributed by atoms with E-state index in [1.54, 1.807) is 0 Å². The summed E-state index contributed by atoms with van der Waals surface area (Å²) in [7, 11) is 0. The molecule has 0 bridgehead atoms. The predicted octanol–water partition coefficient (Wildman–Crippen LogP) is -1.17. The van der Waals surface area contributed by atoms with E-state index < -0.39 is 11.6 Å². The van der Waals surface area contributed by atoms with E-state index in [-0.39, 0.29) is 9.46 Å². The molecule has 9 heavy (non-hydrogen) atoms. The molecule has 0 atom stereocenters. The zero-order chi connectivity index (χ0) is 7.02. The van der Waals surface area contributed by atoms with Crippen LogP contribution in [-0.4, -0.2) is 25.0 Å². The maximum absolute atomic E-state index is 10.3. The summed E-state index contributed by atoms with van der Waals surface area (Å²) in [5.74, 6) is -0.706. The Morgan fingerprint density at radius 1 is 1.44 bits per heavy atom.